The lowest BCUT2D eigenvalue weighted by Gasteiger charge is -2.34. The van der Waals surface area contributed by atoms with Crippen LogP contribution in [-0.2, 0) is 0 Å². The lowest BCUT2D eigenvalue weighted by atomic mass is 9.71. The molecular formula is C12H18N2. The molecule has 1 heterocycles. The maximum Gasteiger partial charge on any atom is 0.115 e. The van der Waals surface area contributed by atoms with Crippen molar-refractivity contribution in [3.05, 3.63) is 24.3 Å². The normalized spacial score (nSPS) is 26.0. The smallest absolute Gasteiger partial charge is 0.115 e. The van der Waals surface area contributed by atoms with Crippen LogP contribution in [-0.4, -0.2) is 9.97 Å². The van der Waals surface area contributed by atoms with E-state index in [-0.39, 0.29) is 0 Å². The second-order valence-electron chi connectivity index (χ2n) is 5.09. The summed E-state index contributed by atoms with van der Waals surface area (Å²) in [6.45, 7) is 4.72. The quantitative estimate of drug-likeness (QED) is 0.679. The molecule has 1 aromatic heterocycles. The molecule has 1 atom stereocenters. The molecule has 0 N–H and O–H groups in total. The molecule has 76 valence electrons. The van der Waals surface area contributed by atoms with Crippen molar-refractivity contribution in [3.63, 3.8) is 0 Å². The molecule has 0 unspecified atom stereocenters. The Balaban J connectivity index is 2.12. The van der Waals surface area contributed by atoms with E-state index in [4.69, 9.17) is 0 Å². The minimum atomic E-state index is 0.494. The van der Waals surface area contributed by atoms with Crippen molar-refractivity contribution >= 4 is 0 Å². The fraction of sp³-hybridized carbons (Fsp3) is 0.667. The molecule has 2 nitrogen and oxygen atoms in total. The van der Waals surface area contributed by atoms with E-state index in [0.29, 0.717) is 11.3 Å². The predicted molar refractivity (Wildman–Crippen MR) is 57.0 cm³/mol. The van der Waals surface area contributed by atoms with Crippen LogP contribution in [0.3, 0.4) is 0 Å². The molecule has 0 amide bonds. The van der Waals surface area contributed by atoms with Gasteiger partial charge < -0.3 is 0 Å². The van der Waals surface area contributed by atoms with Gasteiger partial charge in [-0.2, -0.15) is 0 Å². The summed E-state index contributed by atoms with van der Waals surface area (Å²) in [7, 11) is 0. The number of nitrogens with zero attached hydrogens (tertiary/aromatic N) is 2. The third-order valence-corrected chi connectivity index (χ3v) is 3.23. The Morgan fingerprint density at radius 3 is 2.93 bits per heavy atom. The zero-order chi connectivity index (χ0) is 10.0. The standard InChI is InChI=1S/C12H18N2/c1-12(2)6-3-4-10(8-12)11-5-7-13-9-14-11/h5,7,9-10H,3-4,6,8H2,1-2H3/t10-/m0/s1. The Morgan fingerprint density at radius 1 is 1.43 bits per heavy atom. The highest BCUT2D eigenvalue weighted by Crippen LogP contribution is 2.42. The van der Waals surface area contributed by atoms with Crippen LogP contribution in [0.2, 0.25) is 0 Å². The molecule has 0 aliphatic heterocycles. The summed E-state index contributed by atoms with van der Waals surface area (Å²) in [5.41, 5.74) is 1.72. The lowest BCUT2D eigenvalue weighted by molar-refractivity contribution is 0.217. The topological polar surface area (TPSA) is 25.8 Å². The first-order valence-corrected chi connectivity index (χ1v) is 5.43. The van der Waals surface area contributed by atoms with Gasteiger partial charge in [0.2, 0.25) is 0 Å². The van der Waals surface area contributed by atoms with Crippen molar-refractivity contribution in [2.24, 2.45) is 5.41 Å². The van der Waals surface area contributed by atoms with Gasteiger partial charge >= 0.3 is 0 Å². The molecule has 1 aliphatic rings. The molecule has 0 saturated heterocycles. The molecule has 2 rings (SSSR count). The van der Waals surface area contributed by atoms with Gasteiger partial charge in [-0.1, -0.05) is 20.3 Å². The highest BCUT2D eigenvalue weighted by atomic mass is 14.8. The summed E-state index contributed by atoms with van der Waals surface area (Å²) in [6, 6.07) is 2.06. The van der Waals surface area contributed by atoms with Gasteiger partial charge in [0.05, 0.1) is 0 Å². The number of aromatic nitrogens is 2. The van der Waals surface area contributed by atoms with Gasteiger partial charge in [-0.15, -0.1) is 0 Å². The monoisotopic (exact) mass is 190 g/mol. The molecule has 2 heteroatoms. The molecule has 1 fully saturated rings. The van der Waals surface area contributed by atoms with Crippen molar-refractivity contribution in [1.82, 2.24) is 9.97 Å². The van der Waals surface area contributed by atoms with Crippen molar-refractivity contribution < 1.29 is 0 Å². The van der Waals surface area contributed by atoms with Crippen LogP contribution < -0.4 is 0 Å². The van der Waals surface area contributed by atoms with Gasteiger partial charge in [0, 0.05) is 17.8 Å². The maximum absolute atomic E-state index is 4.36. The summed E-state index contributed by atoms with van der Waals surface area (Å²) < 4.78 is 0. The van der Waals surface area contributed by atoms with Crippen molar-refractivity contribution in [2.45, 2.75) is 45.4 Å². The lowest BCUT2D eigenvalue weighted by Crippen LogP contribution is -2.21. The molecule has 1 saturated carbocycles. The van der Waals surface area contributed by atoms with Gasteiger partial charge in [0.25, 0.3) is 0 Å². The first-order valence-electron chi connectivity index (χ1n) is 5.43. The summed E-state index contributed by atoms with van der Waals surface area (Å²) in [6.07, 6.45) is 8.77. The highest BCUT2D eigenvalue weighted by molar-refractivity contribution is 5.07. The Morgan fingerprint density at radius 2 is 2.29 bits per heavy atom. The minimum Gasteiger partial charge on any atom is -0.245 e. The largest absolute Gasteiger partial charge is 0.245 e. The Hall–Kier alpha value is -0.920. The average Bonchev–Trinajstić information content (AvgIpc) is 2.18. The van der Waals surface area contributed by atoms with Crippen LogP contribution in [0.4, 0.5) is 0 Å². The van der Waals surface area contributed by atoms with E-state index in [9.17, 15) is 0 Å². The van der Waals surface area contributed by atoms with Crippen molar-refractivity contribution in [1.29, 1.82) is 0 Å². The Labute approximate surface area is 85.8 Å². The molecule has 1 aromatic rings. The van der Waals surface area contributed by atoms with Crippen molar-refractivity contribution in [3.8, 4) is 0 Å². The first-order chi connectivity index (χ1) is 6.67. The van der Waals surface area contributed by atoms with Crippen LogP contribution >= 0.6 is 0 Å². The zero-order valence-corrected chi connectivity index (χ0v) is 9.03. The Kier molecular flexibility index (Phi) is 2.53. The van der Waals surface area contributed by atoms with E-state index in [1.165, 1.54) is 31.4 Å². The second kappa shape index (κ2) is 3.68. The van der Waals surface area contributed by atoms with E-state index in [0.717, 1.165) is 0 Å². The molecule has 0 spiro atoms. The fourth-order valence-electron chi connectivity index (χ4n) is 2.49. The van der Waals surface area contributed by atoms with E-state index >= 15 is 0 Å². The molecule has 14 heavy (non-hydrogen) atoms. The molecular weight excluding hydrogens is 172 g/mol. The van der Waals surface area contributed by atoms with Gasteiger partial charge in [-0.25, -0.2) is 9.97 Å². The molecule has 0 aromatic carbocycles. The first kappa shape index (κ1) is 9.63. The van der Waals surface area contributed by atoms with Crippen LogP contribution in [0.5, 0.6) is 0 Å². The molecule has 0 radical (unpaired) electrons. The molecule has 1 aliphatic carbocycles. The van der Waals surface area contributed by atoms with Gasteiger partial charge in [-0.05, 0) is 30.7 Å². The van der Waals surface area contributed by atoms with E-state index in [1.807, 2.05) is 6.20 Å². The average molecular weight is 190 g/mol. The number of hydrogen-bond acceptors (Lipinski definition) is 2. The highest BCUT2D eigenvalue weighted by Gasteiger charge is 2.29. The van der Waals surface area contributed by atoms with E-state index in [1.54, 1.807) is 6.33 Å². The van der Waals surface area contributed by atoms with Gasteiger partial charge in [-0.3, -0.25) is 0 Å². The third-order valence-electron chi connectivity index (χ3n) is 3.23. The van der Waals surface area contributed by atoms with Crippen LogP contribution in [0, 0.1) is 5.41 Å². The predicted octanol–water partition coefficient (Wildman–Crippen LogP) is 3.16. The SMILES string of the molecule is CC1(C)CCC[C@H](c2ccncn2)C1. The van der Waals surface area contributed by atoms with Crippen LogP contribution in [0.1, 0.15) is 51.1 Å². The summed E-state index contributed by atoms with van der Waals surface area (Å²) in [5, 5.41) is 0. The van der Waals surface area contributed by atoms with Gasteiger partial charge in [0.1, 0.15) is 6.33 Å². The van der Waals surface area contributed by atoms with Crippen LogP contribution in [0.25, 0.3) is 0 Å². The van der Waals surface area contributed by atoms with Crippen molar-refractivity contribution in [2.75, 3.05) is 0 Å². The maximum atomic E-state index is 4.36. The summed E-state index contributed by atoms with van der Waals surface area (Å²) in [4.78, 5) is 8.32. The molecule has 0 bridgehead atoms. The fourth-order valence-corrected chi connectivity index (χ4v) is 2.49. The van der Waals surface area contributed by atoms with E-state index < -0.39 is 0 Å². The summed E-state index contributed by atoms with van der Waals surface area (Å²) in [5.74, 6) is 0.654. The minimum absolute atomic E-state index is 0.494. The Bertz CT molecular complexity index is 292. The van der Waals surface area contributed by atoms with E-state index in [2.05, 4.69) is 29.9 Å². The van der Waals surface area contributed by atoms with Crippen LogP contribution in [0.15, 0.2) is 18.6 Å². The second-order valence-corrected chi connectivity index (χ2v) is 5.09. The zero-order valence-electron chi connectivity index (χ0n) is 9.03. The number of hydrogen-bond donors (Lipinski definition) is 0. The number of rotatable bonds is 1. The summed E-state index contributed by atoms with van der Waals surface area (Å²) >= 11 is 0. The third kappa shape index (κ3) is 2.11. The van der Waals surface area contributed by atoms with Gasteiger partial charge in [0.15, 0.2) is 0 Å².